The van der Waals surface area contributed by atoms with Gasteiger partial charge < -0.3 is 15.3 Å². The molecule has 3 rings (SSSR count). The van der Waals surface area contributed by atoms with E-state index >= 15 is 0 Å². The Kier molecular flexibility index (Phi) is 5.70. The molecular weight excluding hydrogens is 336 g/mol. The van der Waals surface area contributed by atoms with Crippen LogP contribution in [0.5, 0.6) is 17.2 Å². The maximum Gasteiger partial charge on any atom is 0.119 e. The number of hydrogen-bond acceptors (Lipinski definition) is 3. The van der Waals surface area contributed by atoms with Crippen LogP contribution in [0.2, 0.25) is 0 Å². The lowest BCUT2D eigenvalue weighted by molar-refractivity contribution is 0.461. The Bertz CT molecular complexity index is 883. The molecular formula is C24H25O3. The van der Waals surface area contributed by atoms with Crippen molar-refractivity contribution < 1.29 is 15.3 Å². The third-order valence-corrected chi connectivity index (χ3v) is 5.00. The normalized spacial score (nSPS) is 13.3. The minimum absolute atomic E-state index is 0.142. The van der Waals surface area contributed by atoms with Gasteiger partial charge in [0.05, 0.1) is 0 Å². The van der Waals surface area contributed by atoms with Crippen LogP contribution in [0.25, 0.3) is 0 Å². The van der Waals surface area contributed by atoms with E-state index in [4.69, 9.17) is 0 Å². The standard InChI is InChI=1S/C24H25O3/c1-16(13-18-3-8-21(25)9-4-18)20-7-12-24(27)23(15-20)17(2)14-19-5-10-22(26)11-6-19/h3-6,8-12,15-17,25-27H,13-14H2,1-2H3. The predicted molar refractivity (Wildman–Crippen MR) is 107 cm³/mol. The number of benzene rings is 3. The van der Waals surface area contributed by atoms with Crippen molar-refractivity contribution in [2.24, 2.45) is 0 Å². The van der Waals surface area contributed by atoms with Crippen molar-refractivity contribution in [1.29, 1.82) is 0 Å². The Labute approximate surface area is 160 Å². The second kappa shape index (κ2) is 8.17. The number of hydrogen-bond donors (Lipinski definition) is 3. The Balaban J connectivity index is 1.76. The summed E-state index contributed by atoms with van der Waals surface area (Å²) in [6, 6.07) is 21.4. The van der Waals surface area contributed by atoms with Crippen LogP contribution in [0.4, 0.5) is 0 Å². The summed E-state index contributed by atoms with van der Waals surface area (Å²) in [6.07, 6.45) is 1.62. The SMILES string of the molecule is CC(Cc1ccc(O)cc1)c1[c]cc(O)c(C(C)Cc2ccc(O)cc2)c1. The number of phenols is 3. The molecule has 3 N–H and O–H groups in total. The molecule has 0 saturated heterocycles. The molecule has 3 aromatic carbocycles. The lowest BCUT2D eigenvalue weighted by atomic mass is 9.87. The van der Waals surface area contributed by atoms with E-state index < -0.39 is 0 Å². The zero-order valence-corrected chi connectivity index (χ0v) is 15.7. The molecule has 0 aliphatic carbocycles. The summed E-state index contributed by atoms with van der Waals surface area (Å²) in [6.45, 7) is 4.24. The first kappa shape index (κ1) is 18.8. The van der Waals surface area contributed by atoms with E-state index in [0.717, 1.165) is 35.1 Å². The fourth-order valence-corrected chi connectivity index (χ4v) is 3.39. The van der Waals surface area contributed by atoms with Gasteiger partial charge in [-0.15, -0.1) is 0 Å². The van der Waals surface area contributed by atoms with Crippen molar-refractivity contribution in [3.05, 3.63) is 89.0 Å². The molecule has 139 valence electrons. The average molecular weight is 361 g/mol. The molecule has 0 aromatic heterocycles. The highest BCUT2D eigenvalue weighted by Crippen LogP contribution is 2.32. The van der Waals surface area contributed by atoms with Gasteiger partial charge in [-0.1, -0.05) is 44.2 Å². The maximum absolute atomic E-state index is 10.3. The number of phenolic OH excluding ortho intramolecular Hbond substituents is 3. The molecule has 0 heterocycles. The molecule has 0 fully saturated rings. The van der Waals surface area contributed by atoms with Crippen LogP contribution in [-0.2, 0) is 12.8 Å². The van der Waals surface area contributed by atoms with Crippen molar-refractivity contribution in [3.63, 3.8) is 0 Å². The first-order valence-electron chi connectivity index (χ1n) is 9.22. The summed E-state index contributed by atoms with van der Waals surface area (Å²) in [5, 5.41) is 29.2. The van der Waals surface area contributed by atoms with Crippen molar-refractivity contribution >= 4 is 0 Å². The van der Waals surface area contributed by atoms with Crippen LogP contribution in [0.3, 0.4) is 0 Å². The van der Waals surface area contributed by atoms with E-state index in [9.17, 15) is 15.3 Å². The van der Waals surface area contributed by atoms with Crippen LogP contribution in [0.15, 0.2) is 60.7 Å². The molecule has 2 atom stereocenters. The van der Waals surface area contributed by atoms with Gasteiger partial charge >= 0.3 is 0 Å². The van der Waals surface area contributed by atoms with Gasteiger partial charge in [0.15, 0.2) is 0 Å². The highest BCUT2D eigenvalue weighted by Gasteiger charge is 2.15. The van der Waals surface area contributed by atoms with Gasteiger partial charge in [-0.05, 0) is 83.3 Å². The van der Waals surface area contributed by atoms with Gasteiger partial charge in [0.25, 0.3) is 0 Å². The van der Waals surface area contributed by atoms with Crippen LogP contribution in [0, 0.1) is 6.07 Å². The smallest absolute Gasteiger partial charge is 0.119 e. The van der Waals surface area contributed by atoms with Gasteiger partial charge in [-0.3, -0.25) is 0 Å². The summed E-state index contributed by atoms with van der Waals surface area (Å²) in [5.74, 6) is 1.18. The van der Waals surface area contributed by atoms with Crippen LogP contribution in [0.1, 0.15) is 47.9 Å². The predicted octanol–water partition coefficient (Wildman–Crippen LogP) is 5.30. The second-order valence-corrected chi connectivity index (χ2v) is 7.27. The summed E-state index contributed by atoms with van der Waals surface area (Å²) in [5.41, 5.74) is 4.24. The molecule has 0 spiro atoms. The third-order valence-electron chi connectivity index (χ3n) is 5.00. The molecule has 3 nitrogen and oxygen atoms in total. The van der Waals surface area contributed by atoms with Gasteiger partial charge in [0, 0.05) is 0 Å². The average Bonchev–Trinajstić information content (AvgIpc) is 2.65. The van der Waals surface area contributed by atoms with E-state index in [2.05, 4.69) is 19.9 Å². The maximum atomic E-state index is 10.3. The molecule has 27 heavy (non-hydrogen) atoms. The quantitative estimate of drug-likeness (QED) is 0.558. The topological polar surface area (TPSA) is 60.7 Å². The van der Waals surface area contributed by atoms with Crippen molar-refractivity contribution in [3.8, 4) is 17.2 Å². The van der Waals surface area contributed by atoms with Crippen LogP contribution in [-0.4, -0.2) is 15.3 Å². The monoisotopic (exact) mass is 361 g/mol. The minimum Gasteiger partial charge on any atom is -0.508 e. The molecule has 0 saturated carbocycles. The summed E-state index contributed by atoms with van der Waals surface area (Å²) in [4.78, 5) is 0. The summed E-state index contributed by atoms with van der Waals surface area (Å²) >= 11 is 0. The molecule has 0 bridgehead atoms. The van der Waals surface area contributed by atoms with E-state index in [1.807, 2.05) is 30.3 Å². The largest absolute Gasteiger partial charge is 0.508 e. The third kappa shape index (κ3) is 4.82. The lowest BCUT2D eigenvalue weighted by Gasteiger charge is -2.18. The minimum atomic E-state index is 0.142. The van der Waals surface area contributed by atoms with Crippen molar-refractivity contribution in [2.75, 3.05) is 0 Å². The van der Waals surface area contributed by atoms with E-state index in [-0.39, 0.29) is 29.1 Å². The number of aromatic hydroxyl groups is 3. The first-order valence-corrected chi connectivity index (χ1v) is 9.22. The Morgan fingerprint density at radius 3 is 1.74 bits per heavy atom. The fraction of sp³-hybridized carbons (Fsp3) is 0.250. The van der Waals surface area contributed by atoms with Crippen LogP contribution >= 0.6 is 0 Å². The highest BCUT2D eigenvalue weighted by atomic mass is 16.3. The van der Waals surface area contributed by atoms with Gasteiger partial charge in [0.1, 0.15) is 17.2 Å². The highest BCUT2D eigenvalue weighted by molar-refractivity contribution is 5.40. The van der Waals surface area contributed by atoms with Gasteiger partial charge in [-0.2, -0.15) is 0 Å². The zero-order valence-electron chi connectivity index (χ0n) is 15.7. The molecule has 3 heteroatoms. The Hall–Kier alpha value is -2.94. The van der Waals surface area contributed by atoms with E-state index in [1.165, 1.54) is 0 Å². The molecule has 2 unspecified atom stereocenters. The van der Waals surface area contributed by atoms with Crippen LogP contribution < -0.4 is 0 Å². The first-order chi connectivity index (χ1) is 12.9. The Morgan fingerprint density at radius 2 is 1.22 bits per heavy atom. The summed E-state index contributed by atoms with van der Waals surface area (Å²) in [7, 11) is 0. The van der Waals surface area contributed by atoms with Crippen molar-refractivity contribution in [1.82, 2.24) is 0 Å². The second-order valence-electron chi connectivity index (χ2n) is 7.27. The van der Waals surface area contributed by atoms with Gasteiger partial charge in [-0.25, -0.2) is 0 Å². The van der Waals surface area contributed by atoms with E-state index in [0.29, 0.717) is 0 Å². The molecule has 0 amide bonds. The molecule has 1 radical (unpaired) electrons. The lowest BCUT2D eigenvalue weighted by Crippen LogP contribution is -2.03. The molecule has 0 aliphatic rings. The number of rotatable bonds is 6. The molecule has 0 aliphatic heterocycles. The zero-order chi connectivity index (χ0) is 19.4. The van der Waals surface area contributed by atoms with Crippen molar-refractivity contribution in [2.45, 2.75) is 38.5 Å². The Morgan fingerprint density at radius 1 is 0.741 bits per heavy atom. The van der Waals surface area contributed by atoms with E-state index in [1.54, 1.807) is 30.3 Å². The fourth-order valence-electron chi connectivity index (χ4n) is 3.39. The summed E-state index contributed by atoms with van der Waals surface area (Å²) < 4.78 is 0. The van der Waals surface area contributed by atoms with Gasteiger partial charge in [0.2, 0.25) is 0 Å². The molecule has 3 aromatic rings.